The monoisotopic (exact) mass is 511 g/mol. The summed E-state index contributed by atoms with van der Waals surface area (Å²) in [5, 5.41) is 2.20. The number of methoxy groups -OCH3 is 1. The van der Waals surface area contributed by atoms with Gasteiger partial charge in [0, 0.05) is 27.7 Å². The molecule has 1 aromatic heterocycles. The fourth-order valence-electron chi connectivity index (χ4n) is 3.16. The number of hydrogen-bond donors (Lipinski definition) is 1. The van der Waals surface area contributed by atoms with Crippen LogP contribution in [0.1, 0.15) is 5.69 Å². The molecule has 0 spiro atoms. The van der Waals surface area contributed by atoms with Crippen molar-refractivity contribution < 1.29 is 19.1 Å². The molecular formula is C23H18BrN3O4S. The molecule has 0 bridgehead atoms. The van der Waals surface area contributed by atoms with E-state index in [9.17, 15) is 14.4 Å². The molecule has 2 heterocycles. The summed E-state index contributed by atoms with van der Waals surface area (Å²) in [4.78, 5) is 38.8. The molecule has 4 rings (SSSR count). The molecule has 0 radical (unpaired) electrons. The van der Waals surface area contributed by atoms with Gasteiger partial charge in [-0.1, -0.05) is 22.0 Å². The first kappa shape index (κ1) is 21.9. The van der Waals surface area contributed by atoms with Crippen LogP contribution in [0.5, 0.6) is 5.75 Å². The van der Waals surface area contributed by atoms with E-state index in [0.29, 0.717) is 11.4 Å². The van der Waals surface area contributed by atoms with Crippen molar-refractivity contribution in [2.45, 2.75) is 0 Å². The van der Waals surface area contributed by atoms with Gasteiger partial charge in [0.25, 0.3) is 11.1 Å². The Balaban J connectivity index is 1.48. The number of halogens is 1. The average molecular weight is 512 g/mol. The van der Waals surface area contributed by atoms with Gasteiger partial charge in [0.05, 0.1) is 12.0 Å². The molecule has 32 heavy (non-hydrogen) atoms. The summed E-state index contributed by atoms with van der Waals surface area (Å²) in [6, 6.07) is 18.2. The summed E-state index contributed by atoms with van der Waals surface area (Å²) in [6.45, 7) is -0.360. The van der Waals surface area contributed by atoms with E-state index in [1.165, 1.54) is 0 Å². The van der Waals surface area contributed by atoms with E-state index in [4.69, 9.17) is 4.74 Å². The highest BCUT2D eigenvalue weighted by molar-refractivity contribution is 9.10. The number of anilines is 1. The van der Waals surface area contributed by atoms with Crippen molar-refractivity contribution in [3.63, 3.8) is 0 Å². The SMILES string of the molecule is COc1ccc(NC(=O)CN2C(=O)S/C(=C/c3cccn3-c3cccc(Br)c3)C2=O)cc1. The highest BCUT2D eigenvalue weighted by Crippen LogP contribution is 2.32. The first-order valence-electron chi connectivity index (χ1n) is 9.57. The Morgan fingerprint density at radius 1 is 1.12 bits per heavy atom. The van der Waals surface area contributed by atoms with E-state index in [1.807, 2.05) is 47.2 Å². The number of carbonyl (C=O) groups is 3. The number of carbonyl (C=O) groups excluding carboxylic acids is 3. The normalized spacial score (nSPS) is 14.8. The van der Waals surface area contributed by atoms with Gasteiger partial charge in [-0.25, -0.2) is 0 Å². The number of benzene rings is 2. The smallest absolute Gasteiger partial charge is 0.294 e. The molecule has 2 aromatic carbocycles. The first-order valence-corrected chi connectivity index (χ1v) is 11.2. The predicted molar refractivity (Wildman–Crippen MR) is 128 cm³/mol. The highest BCUT2D eigenvalue weighted by atomic mass is 79.9. The third kappa shape index (κ3) is 4.79. The molecule has 7 nitrogen and oxygen atoms in total. The Kier molecular flexibility index (Phi) is 6.48. The predicted octanol–water partition coefficient (Wildman–Crippen LogP) is 4.92. The minimum absolute atomic E-state index is 0.266. The van der Waals surface area contributed by atoms with E-state index in [1.54, 1.807) is 37.5 Å². The summed E-state index contributed by atoms with van der Waals surface area (Å²) < 4.78 is 7.92. The zero-order valence-corrected chi connectivity index (χ0v) is 19.4. The summed E-state index contributed by atoms with van der Waals surface area (Å²) in [5.74, 6) is -0.296. The lowest BCUT2D eigenvalue weighted by atomic mass is 10.3. The Bertz CT molecular complexity index is 1220. The van der Waals surface area contributed by atoms with Crippen LogP contribution in [0.2, 0.25) is 0 Å². The molecule has 162 valence electrons. The van der Waals surface area contributed by atoms with Crippen LogP contribution in [0, 0.1) is 0 Å². The lowest BCUT2D eigenvalue weighted by Crippen LogP contribution is -2.36. The number of imide groups is 1. The molecule has 3 amide bonds. The van der Waals surface area contributed by atoms with Crippen LogP contribution >= 0.6 is 27.7 Å². The van der Waals surface area contributed by atoms with Gasteiger partial charge in [0.2, 0.25) is 5.91 Å². The van der Waals surface area contributed by atoms with E-state index in [-0.39, 0.29) is 11.4 Å². The van der Waals surface area contributed by atoms with Crippen LogP contribution in [0.3, 0.4) is 0 Å². The summed E-state index contributed by atoms with van der Waals surface area (Å²) in [6.07, 6.45) is 3.54. The van der Waals surface area contributed by atoms with Gasteiger partial charge in [0.15, 0.2) is 0 Å². The number of aromatic nitrogens is 1. The lowest BCUT2D eigenvalue weighted by molar-refractivity contribution is -0.127. The molecular weight excluding hydrogens is 494 g/mol. The number of ether oxygens (including phenoxy) is 1. The largest absolute Gasteiger partial charge is 0.497 e. The first-order chi connectivity index (χ1) is 15.4. The number of hydrogen-bond acceptors (Lipinski definition) is 5. The van der Waals surface area contributed by atoms with Gasteiger partial charge in [-0.05, 0) is 72.4 Å². The van der Waals surface area contributed by atoms with Crippen LogP contribution in [0.15, 0.2) is 76.2 Å². The number of nitrogens with zero attached hydrogens (tertiary/aromatic N) is 2. The molecule has 0 unspecified atom stereocenters. The van der Waals surface area contributed by atoms with Crippen molar-refractivity contribution in [3.05, 3.63) is 81.9 Å². The second-order valence-corrected chi connectivity index (χ2v) is 8.74. The maximum Gasteiger partial charge on any atom is 0.294 e. The molecule has 0 saturated carbocycles. The van der Waals surface area contributed by atoms with Crippen molar-refractivity contribution in [3.8, 4) is 11.4 Å². The van der Waals surface area contributed by atoms with E-state index >= 15 is 0 Å². The van der Waals surface area contributed by atoms with E-state index in [2.05, 4.69) is 21.2 Å². The van der Waals surface area contributed by atoms with Crippen LogP contribution in [-0.4, -0.2) is 40.2 Å². The van der Waals surface area contributed by atoms with Crippen LogP contribution in [0.4, 0.5) is 10.5 Å². The number of rotatable bonds is 6. The van der Waals surface area contributed by atoms with Crippen molar-refractivity contribution in [2.24, 2.45) is 0 Å². The summed E-state index contributed by atoms with van der Waals surface area (Å²) >= 11 is 4.28. The van der Waals surface area contributed by atoms with Crippen molar-refractivity contribution in [1.29, 1.82) is 0 Å². The maximum absolute atomic E-state index is 12.8. The second-order valence-electron chi connectivity index (χ2n) is 6.83. The van der Waals surface area contributed by atoms with E-state index in [0.717, 1.165) is 32.5 Å². The molecule has 1 N–H and O–H groups in total. The molecule has 9 heteroatoms. The number of nitrogens with one attached hydrogen (secondary N) is 1. The standard InChI is InChI=1S/C23H18BrN3O4S/c1-31-19-9-7-16(8-10-19)25-21(28)14-27-22(29)20(32-23(27)30)13-18-6-3-11-26(18)17-5-2-4-15(24)12-17/h2-13H,14H2,1H3,(H,25,28)/b20-13+. The van der Waals surface area contributed by atoms with Gasteiger partial charge in [-0.3, -0.25) is 19.3 Å². The molecule has 1 aliphatic heterocycles. The fraction of sp³-hybridized carbons (Fsp3) is 0.0870. The zero-order valence-electron chi connectivity index (χ0n) is 16.9. The topological polar surface area (TPSA) is 80.6 Å². The minimum Gasteiger partial charge on any atom is -0.497 e. The van der Waals surface area contributed by atoms with E-state index < -0.39 is 17.1 Å². The third-order valence-corrected chi connectivity index (χ3v) is 6.10. The maximum atomic E-state index is 12.8. The Hall–Kier alpha value is -3.30. The van der Waals surface area contributed by atoms with Gasteiger partial charge in [0.1, 0.15) is 12.3 Å². The summed E-state index contributed by atoms with van der Waals surface area (Å²) in [7, 11) is 1.55. The molecule has 0 aliphatic carbocycles. The van der Waals surface area contributed by atoms with Crippen molar-refractivity contribution in [1.82, 2.24) is 9.47 Å². The molecule has 1 saturated heterocycles. The zero-order chi connectivity index (χ0) is 22.7. The lowest BCUT2D eigenvalue weighted by Gasteiger charge is -2.12. The van der Waals surface area contributed by atoms with Crippen molar-refractivity contribution >= 4 is 56.5 Å². The minimum atomic E-state index is -0.494. The Morgan fingerprint density at radius 2 is 1.91 bits per heavy atom. The third-order valence-electron chi connectivity index (χ3n) is 4.69. The Labute approximate surface area is 197 Å². The number of amides is 3. The van der Waals surface area contributed by atoms with Gasteiger partial charge >= 0.3 is 0 Å². The van der Waals surface area contributed by atoms with Crippen LogP contribution in [-0.2, 0) is 9.59 Å². The Morgan fingerprint density at radius 3 is 2.62 bits per heavy atom. The quantitative estimate of drug-likeness (QED) is 0.475. The molecule has 1 fully saturated rings. The van der Waals surface area contributed by atoms with Crippen LogP contribution < -0.4 is 10.1 Å². The fourth-order valence-corrected chi connectivity index (χ4v) is 4.37. The molecule has 3 aromatic rings. The van der Waals surface area contributed by atoms with Crippen molar-refractivity contribution in [2.75, 3.05) is 19.0 Å². The van der Waals surface area contributed by atoms with Gasteiger partial charge < -0.3 is 14.6 Å². The molecule has 0 atom stereocenters. The molecule has 1 aliphatic rings. The van der Waals surface area contributed by atoms with Crippen LogP contribution in [0.25, 0.3) is 11.8 Å². The second kappa shape index (κ2) is 9.46. The highest BCUT2D eigenvalue weighted by Gasteiger charge is 2.36. The summed E-state index contributed by atoms with van der Waals surface area (Å²) in [5.41, 5.74) is 2.20. The average Bonchev–Trinajstić information content (AvgIpc) is 3.34. The van der Waals surface area contributed by atoms with Gasteiger partial charge in [-0.2, -0.15) is 0 Å². The van der Waals surface area contributed by atoms with Gasteiger partial charge in [-0.15, -0.1) is 0 Å². The number of thioether (sulfide) groups is 1.